The zero-order valence-corrected chi connectivity index (χ0v) is 18.9. The third-order valence-corrected chi connectivity index (χ3v) is 7.04. The third-order valence-electron chi connectivity index (χ3n) is 5.12. The molecule has 0 aliphatic heterocycles. The van der Waals surface area contributed by atoms with Crippen LogP contribution in [0.5, 0.6) is 11.5 Å². The highest BCUT2D eigenvalue weighted by atomic mass is 32.2. The maximum atomic E-state index is 5.56. The molecular formula is C22H22N4O3S2. The summed E-state index contributed by atoms with van der Waals surface area (Å²) < 4.78 is 18.7. The fourth-order valence-corrected chi connectivity index (χ4v) is 5.23. The number of ether oxygens (including phenoxy) is 2. The van der Waals surface area contributed by atoms with Gasteiger partial charge in [-0.3, -0.25) is 4.57 Å². The van der Waals surface area contributed by atoms with Crippen molar-refractivity contribution in [3.63, 3.8) is 0 Å². The van der Waals surface area contributed by atoms with Gasteiger partial charge in [0, 0.05) is 17.1 Å². The third kappa shape index (κ3) is 4.20. The van der Waals surface area contributed by atoms with Gasteiger partial charge in [-0.25, -0.2) is 4.98 Å². The number of nitrogens with zero attached hydrogens (tertiary/aromatic N) is 4. The minimum absolute atomic E-state index is 0.517. The second kappa shape index (κ2) is 8.76. The Morgan fingerprint density at radius 2 is 2.06 bits per heavy atom. The lowest BCUT2D eigenvalue weighted by Gasteiger charge is -2.10. The molecule has 0 saturated heterocycles. The lowest BCUT2D eigenvalue weighted by molar-refractivity contribution is 0.356. The minimum Gasteiger partial charge on any atom is -0.493 e. The van der Waals surface area contributed by atoms with E-state index in [4.69, 9.17) is 18.9 Å². The van der Waals surface area contributed by atoms with Crippen molar-refractivity contribution >= 4 is 23.1 Å². The van der Waals surface area contributed by atoms with Gasteiger partial charge in [-0.2, -0.15) is 0 Å². The number of benzene rings is 1. The Bertz CT molecular complexity index is 1170. The van der Waals surface area contributed by atoms with Crippen LogP contribution in [0.3, 0.4) is 0 Å². The Balaban J connectivity index is 1.35. The normalized spacial score (nSPS) is 13.5. The fraction of sp³-hybridized carbons (Fsp3) is 0.318. The molecule has 1 fully saturated rings. The van der Waals surface area contributed by atoms with E-state index < -0.39 is 0 Å². The van der Waals surface area contributed by atoms with Gasteiger partial charge < -0.3 is 13.9 Å². The first kappa shape index (κ1) is 20.1. The van der Waals surface area contributed by atoms with Crippen LogP contribution in [0, 0.1) is 0 Å². The molecule has 1 saturated carbocycles. The summed E-state index contributed by atoms with van der Waals surface area (Å²) in [6.45, 7) is 0.650. The van der Waals surface area contributed by atoms with Crippen LogP contribution in [0.4, 0.5) is 0 Å². The Kier molecular flexibility index (Phi) is 5.69. The summed E-state index contributed by atoms with van der Waals surface area (Å²) in [5, 5.41) is 12.8. The van der Waals surface area contributed by atoms with Gasteiger partial charge in [-0.15, -0.1) is 21.5 Å². The Morgan fingerprint density at radius 3 is 2.81 bits per heavy atom. The van der Waals surface area contributed by atoms with Crippen molar-refractivity contribution in [1.82, 2.24) is 19.7 Å². The summed E-state index contributed by atoms with van der Waals surface area (Å²) in [5.41, 5.74) is 1.93. The molecule has 1 aliphatic carbocycles. The molecule has 5 rings (SSSR count). The van der Waals surface area contributed by atoms with Gasteiger partial charge in [0.15, 0.2) is 16.7 Å². The molecule has 0 bridgehead atoms. The summed E-state index contributed by atoms with van der Waals surface area (Å²) in [7, 11) is 3.29. The van der Waals surface area contributed by atoms with E-state index in [0.717, 1.165) is 33.0 Å². The summed E-state index contributed by atoms with van der Waals surface area (Å²) in [6.07, 6.45) is 4.06. The van der Waals surface area contributed by atoms with Gasteiger partial charge in [-0.05, 0) is 37.1 Å². The summed E-state index contributed by atoms with van der Waals surface area (Å²) >= 11 is 3.25. The fourth-order valence-electron chi connectivity index (χ4n) is 3.45. The highest BCUT2D eigenvalue weighted by Gasteiger charge is 2.30. The number of methoxy groups -OCH3 is 2. The number of thioether (sulfide) groups is 1. The Labute approximate surface area is 188 Å². The molecule has 31 heavy (non-hydrogen) atoms. The molecule has 0 amide bonds. The number of para-hydroxylation sites is 1. The lowest BCUT2D eigenvalue weighted by atomic mass is 10.2. The number of aromatic nitrogens is 4. The highest BCUT2D eigenvalue weighted by Crippen LogP contribution is 2.41. The molecule has 0 unspecified atom stereocenters. The van der Waals surface area contributed by atoms with Gasteiger partial charge in [0.2, 0.25) is 0 Å². The Hall–Kier alpha value is -2.78. The van der Waals surface area contributed by atoms with E-state index in [1.54, 1.807) is 43.6 Å². The number of thiazole rings is 1. The predicted molar refractivity (Wildman–Crippen MR) is 120 cm³/mol. The van der Waals surface area contributed by atoms with Gasteiger partial charge in [0.05, 0.1) is 38.3 Å². The van der Waals surface area contributed by atoms with Crippen LogP contribution in [-0.2, 0) is 12.3 Å². The van der Waals surface area contributed by atoms with Crippen LogP contribution < -0.4 is 9.47 Å². The molecule has 0 N–H and O–H groups in total. The standard InChI is InChI=1S/C22H22N4O3S2/c1-27-18-7-3-6-17(19(18)28-2)21-23-15(12-30-21)13-31-22-25-24-20(14-8-9-14)26(22)11-16-5-4-10-29-16/h3-7,10,12,14H,8-9,11,13H2,1-2H3. The van der Waals surface area contributed by atoms with Gasteiger partial charge in [-0.1, -0.05) is 17.8 Å². The van der Waals surface area contributed by atoms with Crippen molar-refractivity contribution < 1.29 is 13.9 Å². The van der Waals surface area contributed by atoms with Crippen molar-refractivity contribution in [2.24, 2.45) is 0 Å². The van der Waals surface area contributed by atoms with Crippen molar-refractivity contribution in [3.05, 3.63) is 59.3 Å². The summed E-state index contributed by atoms with van der Waals surface area (Å²) in [5.74, 6) is 4.59. The minimum atomic E-state index is 0.517. The molecule has 160 valence electrons. The van der Waals surface area contributed by atoms with Crippen molar-refractivity contribution in [1.29, 1.82) is 0 Å². The molecule has 0 spiro atoms. The molecule has 7 nitrogen and oxygen atoms in total. The van der Waals surface area contributed by atoms with E-state index in [0.29, 0.717) is 29.7 Å². The average Bonchev–Trinajstić information content (AvgIpc) is 3.18. The van der Waals surface area contributed by atoms with Crippen molar-refractivity contribution in [2.75, 3.05) is 14.2 Å². The topological polar surface area (TPSA) is 75.2 Å². The predicted octanol–water partition coefficient (Wildman–Crippen LogP) is 5.23. The lowest BCUT2D eigenvalue weighted by Crippen LogP contribution is -2.05. The molecular weight excluding hydrogens is 432 g/mol. The number of hydrogen-bond donors (Lipinski definition) is 0. The van der Waals surface area contributed by atoms with E-state index >= 15 is 0 Å². The smallest absolute Gasteiger partial charge is 0.192 e. The highest BCUT2D eigenvalue weighted by molar-refractivity contribution is 7.98. The molecule has 4 aromatic rings. The van der Waals surface area contributed by atoms with E-state index in [-0.39, 0.29) is 0 Å². The van der Waals surface area contributed by atoms with E-state index in [1.807, 2.05) is 30.3 Å². The largest absolute Gasteiger partial charge is 0.493 e. The molecule has 0 radical (unpaired) electrons. The molecule has 9 heteroatoms. The SMILES string of the molecule is COc1cccc(-c2nc(CSc3nnc(C4CC4)n3Cc3ccco3)cs2)c1OC. The monoisotopic (exact) mass is 454 g/mol. The maximum Gasteiger partial charge on any atom is 0.192 e. The van der Waals surface area contributed by atoms with Gasteiger partial charge >= 0.3 is 0 Å². The van der Waals surface area contributed by atoms with Crippen LogP contribution in [0.15, 0.2) is 51.5 Å². The molecule has 3 aromatic heterocycles. The van der Waals surface area contributed by atoms with Crippen LogP contribution in [0.2, 0.25) is 0 Å². The second-order valence-electron chi connectivity index (χ2n) is 7.25. The van der Waals surface area contributed by atoms with Crippen LogP contribution in [0.1, 0.15) is 36.0 Å². The van der Waals surface area contributed by atoms with E-state index in [9.17, 15) is 0 Å². The van der Waals surface area contributed by atoms with Crippen molar-refractivity contribution in [2.45, 2.75) is 36.2 Å². The number of rotatable bonds is 9. The van der Waals surface area contributed by atoms with E-state index in [1.165, 1.54) is 12.8 Å². The van der Waals surface area contributed by atoms with Gasteiger partial charge in [0.25, 0.3) is 0 Å². The molecule has 3 heterocycles. The van der Waals surface area contributed by atoms with Gasteiger partial charge in [0.1, 0.15) is 16.6 Å². The van der Waals surface area contributed by atoms with Crippen LogP contribution in [-0.4, -0.2) is 34.0 Å². The first-order valence-corrected chi connectivity index (χ1v) is 11.9. The molecule has 1 aliphatic rings. The molecule has 0 atom stereocenters. The van der Waals surface area contributed by atoms with Crippen molar-refractivity contribution in [3.8, 4) is 22.1 Å². The summed E-state index contributed by atoms with van der Waals surface area (Å²) in [6, 6.07) is 9.73. The number of hydrogen-bond acceptors (Lipinski definition) is 8. The van der Waals surface area contributed by atoms with E-state index in [2.05, 4.69) is 20.1 Å². The first-order chi connectivity index (χ1) is 15.3. The van der Waals surface area contributed by atoms with Crippen LogP contribution >= 0.6 is 23.1 Å². The average molecular weight is 455 g/mol. The first-order valence-electron chi connectivity index (χ1n) is 10.0. The summed E-state index contributed by atoms with van der Waals surface area (Å²) in [4.78, 5) is 4.83. The maximum absolute atomic E-state index is 5.56. The quantitative estimate of drug-likeness (QED) is 0.321. The molecule has 1 aromatic carbocycles. The Morgan fingerprint density at radius 1 is 1.16 bits per heavy atom. The zero-order chi connectivity index (χ0) is 21.2. The van der Waals surface area contributed by atoms with Crippen LogP contribution in [0.25, 0.3) is 10.6 Å². The zero-order valence-electron chi connectivity index (χ0n) is 17.3. The second-order valence-corrected chi connectivity index (χ2v) is 9.05. The number of furan rings is 1.